The number of carbonyl (C=O) groups is 3. The first kappa shape index (κ1) is 23.3. The Kier molecular flexibility index (Phi) is 6.84. The Labute approximate surface area is 188 Å². The molecule has 7 nitrogen and oxygen atoms in total. The molecular weight excluding hydrogens is 439 g/mol. The van der Waals surface area contributed by atoms with Crippen molar-refractivity contribution in [2.75, 3.05) is 6.54 Å². The van der Waals surface area contributed by atoms with E-state index in [0.717, 1.165) is 6.07 Å². The molecule has 3 aromatic rings. The summed E-state index contributed by atoms with van der Waals surface area (Å²) >= 11 is 6.01. The Morgan fingerprint density at radius 2 is 1.94 bits per heavy atom. The Bertz CT molecular complexity index is 1220. The molecule has 168 valence electrons. The van der Waals surface area contributed by atoms with E-state index in [2.05, 4.69) is 5.32 Å². The number of aliphatic carboxylic acids is 1. The number of nitrogens with one attached hydrogen (secondary N) is 1. The molecular formula is C23H22ClFN2O5. The zero-order chi connectivity index (χ0) is 23.6. The number of hydrogen-bond acceptors (Lipinski definition) is 4. The van der Waals surface area contributed by atoms with E-state index in [1.165, 1.54) is 23.6 Å². The van der Waals surface area contributed by atoms with Crippen molar-refractivity contribution < 1.29 is 29.0 Å². The Morgan fingerprint density at radius 3 is 2.59 bits per heavy atom. The molecule has 0 aliphatic rings. The van der Waals surface area contributed by atoms with Crippen LogP contribution in [-0.4, -0.2) is 39.1 Å². The van der Waals surface area contributed by atoms with Gasteiger partial charge >= 0.3 is 5.97 Å². The van der Waals surface area contributed by atoms with E-state index >= 15 is 0 Å². The maximum atomic E-state index is 14.1. The third kappa shape index (κ3) is 4.75. The third-order valence-electron chi connectivity index (χ3n) is 5.31. The monoisotopic (exact) mass is 460 g/mol. The van der Waals surface area contributed by atoms with E-state index in [1.54, 1.807) is 25.1 Å². The number of nitrogens with zero attached hydrogens (tertiary/aromatic N) is 1. The van der Waals surface area contributed by atoms with Crippen molar-refractivity contribution in [3.63, 3.8) is 0 Å². The van der Waals surface area contributed by atoms with Gasteiger partial charge in [0.1, 0.15) is 0 Å². The van der Waals surface area contributed by atoms with Crippen LogP contribution in [0, 0.1) is 18.7 Å². The molecule has 0 radical (unpaired) electrons. The summed E-state index contributed by atoms with van der Waals surface area (Å²) in [6, 6.07) is 8.67. The number of fused-ring (bicyclic) bond motifs is 1. The number of carboxylic acids is 1. The van der Waals surface area contributed by atoms with Gasteiger partial charge in [0.05, 0.1) is 11.4 Å². The Balaban J connectivity index is 1.96. The molecule has 0 fully saturated rings. The lowest BCUT2D eigenvalue weighted by atomic mass is 10.0. The molecule has 0 spiro atoms. The van der Waals surface area contributed by atoms with Crippen LogP contribution in [0.2, 0.25) is 5.02 Å². The van der Waals surface area contributed by atoms with E-state index in [4.69, 9.17) is 16.7 Å². The number of rotatable bonds is 7. The maximum Gasteiger partial charge on any atom is 0.308 e. The van der Waals surface area contributed by atoms with Crippen molar-refractivity contribution in [1.29, 1.82) is 0 Å². The fraction of sp³-hybridized carbons (Fsp3) is 0.261. The number of phenols is 1. The minimum Gasteiger partial charge on any atom is -0.505 e. The van der Waals surface area contributed by atoms with Crippen LogP contribution in [-0.2, 0) is 16.0 Å². The quantitative estimate of drug-likeness (QED) is 0.495. The number of halogens is 2. The molecule has 0 aliphatic heterocycles. The molecule has 2 aromatic carbocycles. The summed E-state index contributed by atoms with van der Waals surface area (Å²) in [5.41, 5.74) is 1.67. The number of carboxylic acid groups (broad SMARTS) is 1. The summed E-state index contributed by atoms with van der Waals surface area (Å²) in [4.78, 5) is 36.3. The number of aromatic nitrogens is 1. The van der Waals surface area contributed by atoms with Gasteiger partial charge in [0.15, 0.2) is 11.6 Å². The summed E-state index contributed by atoms with van der Waals surface area (Å²) < 4.78 is 15.5. The van der Waals surface area contributed by atoms with Crippen molar-refractivity contribution >= 4 is 40.3 Å². The van der Waals surface area contributed by atoms with Crippen LogP contribution in [0.25, 0.3) is 10.9 Å². The fourth-order valence-electron chi connectivity index (χ4n) is 3.50. The van der Waals surface area contributed by atoms with Gasteiger partial charge in [0.25, 0.3) is 5.91 Å². The minimum atomic E-state index is -1.01. The zero-order valence-electron chi connectivity index (χ0n) is 17.5. The molecule has 1 amide bonds. The number of hydrogen-bond donors (Lipinski definition) is 3. The van der Waals surface area contributed by atoms with Crippen molar-refractivity contribution in [3.8, 4) is 5.75 Å². The molecule has 0 saturated carbocycles. The van der Waals surface area contributed by atoms with Gasteiger partial charge < -0.3 is 15.5 Å². The molecule has 0 aliphatic carbocycles. The van der Waals surface area contributed by atoms with E-state index in [1.807, 2.05) is 0 Å². The molecule has 1 heterocycles. The van der Waals surface area contributed by atoms with Crippen molar-refractivity contribution in [2.24, 2.45) is 5.92 Å². The predicted molar refractivity (Wildman–Crippen MR) is 118 cm³/mol. The predicted octanol–water partition coefficient (Wildman–Crippen LogP) is 3.91. The van der Waals surface area contributed by atoms with E-state index in [0.29, 0.717) is 27.2 Å². The summed E-state index contributed by atoms with van der Waals surface area (Å²) in [5.74, 6) is -3.95. The zero-order valence-corrected chi connectivity index (χ0v) is 18.2. The van der Waals surface area contributed by atoms with Gasteiger partial charge in [-0.05, 0) is 43.2 Å². The van der Waals surface area contributed by atoms with E-state index in [9.17, 15) is 23.9 Å². The highest BCUT2D eigenvalue weighted by atomic mass is 35.5. The van der Waals surface area contributed by atoms with Crippen LogP contribution in [0.5, 0.6) is 5.75 Å². The van der Waals surface area contributed by atoms with Gasteiger partial charge in [-0.1, -0.05) is 24.6 Å². The average molecular weight is 461 g/mol. The SMILES string of the molecule is Cc1c(CCC(=O)NC[C@H](C)C(=O)O)c2cc(O)c(F)cc2n1C(=O)c1cccc(Cl)c1. The Morgan fingerprint density at radius 1 is 1.22 bits per heavy atom. The van der Waals surface area contributed by atoms with Crippen molar-refractivity contribution in [2.45, 2.75) is 26.7 Å². The summed E-state index contributed by atoms with van der Waals surface area (Å²) in [6.45, 7) is 3.16. The molecule has 1 aromatic heterocycles. The largest absolute Gasteiger partial charge is 0.505 e. The van der Waals surface area contributed by atoms with E-state index in [-0.39, 0.29) is 30.8 Å². The lowest BCUT2D eigenvalue weighted by molar-refractivity contribution is -0.141. The standard InChI is InChI=1S/C23H22ClFN2O5/c1-12(23(31)32)11-26-21(29)7-6-16-13(2)27(19-10-18(25)20(28)9-17(16)19)22(30)14-4-3-5-15(24)8-14/h3-5,8-10,12,28H,6-7,11H2,1-2H3,(H,26,29)(H,31,32)/t12-/m0/s1. The van der Waals surface area contributed by atoms with E-state index < -0.39 is 29.4 Å². The first-order chi connectivity index (χ1) is 15.1. The highest BCUT2D eigenvalue weighted by Gasteiger charge is 2.22. The van der Waals surface area contributed by atoms with Gasteiger partial charge in [-0.3, -0.25) is 19.0 Å². The molecule has 32 heavy (non-hydrogen) atoms. The van der Waals surface area contributed by atoms with Crippen molar-refractivity contribution in [3.05, 3.63) is 64.1 Å². The van der Waals surface area contributed by atoms with Crippen LogP contribution in [0.15, 0.2) is 36.4 Å². The second-order valence-electron chi connectivity index (χ2n) is 7.58. The molecule has 0 unspecified atom stereocenters. The average Bonchev–Trinajstić information content (AvgIpc) is 3.00. The molecule has 0 saturated heterocycles. The van der Waals surface area contributed by atoms with Crippen LogP contribution in [0.3, 0.4) is 0 Å². The number of carbonyl (C=O) groups excluding carboxylic acids is 2. The van der Waals surface area contributed by atoms with Crippen LogP contribution < -0.4 is 5.32 Å². The molecule has 1 atom stereocenters. The van der Waals surface area contributed by atoms with Crippen LogP contribution in [0.1, 0.15) is 35.0 Å². The first-order valence-corrected chi connectivity index (χ1v) is 10.3. The van der Waals surface area contributed by atoms with Crippen LogP contribution >= 0.6 is 11.6 Å². The third-order valence-corrected chi connectivity index (χ3v) is 5.54. The van der Waals surface area contributed by atoms with Gasteiger partial charge in [0.2, 0.25) is 5.91 Å². The summed E-state index contributed by atoms with van der Waals surface area (Å²) in [6.07, 6.45) is 0.228. The number of phenolic OH excluding ortho intramolecular Hbond substituents is 1. The first-order valence-electron chi connectivity index (χ1n) is 9.92. The second kappa shape index (κ2) is 9.40. The summed E-state index contributed by atoms with van der Waals surface area (Å²) in [7, 11) is 0. The fourth-order valence-corrected chi connectivity index (χ4v) is 3.69. The minimum absolute atomic E-state index is 0.00579. The summed E-state index contributed by atoms with van der Waals surface area (Å²) in [5, 5.41) is 22.2. The molecule has 3 rings (SSSR count). The molecule has 9 heteroatoms. The molecule has 0 bridgehead atoms. The second-order valence-corrected chi connectivity index (χ2v) is 8.02. The highest BCUT2D eigenvalue weighted by Crippen LogP contribution is 2.32. The lowest BCUT2D eigenvalue weighted by Gasteiger charge is -2.09. The van der Waals surface area contributed by atoms with Gasteiger partial charge in [-0.15, -0.1) is 0 Å². The maximum absolute atomic E-state index is 14.1. The number of benzene rings is 2. The normalized spacial score (nSPS) is 12.0. The lowest BCUT2D eigenvalue weighted by Crippen LogP contribution is -2.31. The van der Waals surface area contributed by atoms with Gasteiger partial charge in [0, 0.05) is 40.7 Å². The van der Waals surface area contributed by atoms with Crippen molar-refractivity contribution in [1.82, 2.24) is 9.88 Å². The Hall–Kier alpha value is -3.39. The smallest absolute Gasteiger partial charge is 0.308 e. The molecule has 3 N–H and O–H groups in total. The van der Waals surface area contributed by atoms with Crippen LogP contribution in [0.4, 0.5) is 4.39 Å². The number of amides is 1. The topological polar surface area (TPSA) is 109 Å². The number of aryl methyl sites for hydroxylation is 1. The van der Waals surface area contributed by atoms with Gasteiger partial charge in [-0.25, -0.2) is 4.39 Å². The van der Waals surface area contributed by atoms with Gasteiger partial charge in [-0.2, -0.15) is 0 Å². The number of aromatic hydroxyl groups is 1. The highest BCUT2D eigenvalue weighted by molar-refractivity contribution is 6.31.